The normalized spacial score (nSPS) is 10.6. The molecule has 0 saturated carbocycles. The monoisotopic (exact) mass is 269 g/mol. The molecule has 1 rings (SSSR count). The summed E-state index contributed by atoms with van der Waals surface area (Å²) in [7, 11) is 0. The Labute approximate surface area is 84.7 Å². The van der Waals surface area contributed by atoms with Gasteiger partial charge in [-0.3, -0.25) is 0 Å². The van der Waals surface area contributed by atoms with Crippen LogP contribution in [-0.2, 0) is 0 Å². The smallest absolute Gasteiger partial charge is 0.338 e. The molecule has 0 aromatic carbocycles. The molecule has 3 nitrogen and oxygen atoms in total. The maximum atomic E-state index is 12.6. The molecule has 0 bridgehead atoms. The molecule has 1 aromatic rings. The first-order valence-electron chi connectivity index (χ1n) is 3.31. The molecule has 0 radical (unpaired) electrons. The largest absolute Gasteiger partial charge is 0.478 e. The van der Waals surface area contributed by atoms with Crippen LogP contribution in [0.2, 0.25) is 0 Å². The van der Waals surface area contributed by atoms with Gasteiger partial charge in [-0.2, -0.15) is 4.39 Å². The van der Waals surface area contributed by atoms with E-state index in [0.29, 0.717) is 0 Å². The van der Waals surface area contributed by atoms with Gasteiger partial charge < -0.3 is 5.11 Å². The van der Waals surface area contributed by atoms with Gasteiger partial charge in [-0.15, -0.1) is 0 Å². The van der Waals surface area contributed by atoms with Gasteiger partial charge in [0, 0.05) is 10.5 Å². The second-order valence-electron chi connectivity index (χ2n) is 2.29. The number of carbonyl (C=O) groups is 1. The highest BCUT2D eigenvalue weighted by molar-refractivity contribution is 9.10. The highest BCUT2D eigenvalue weighted by atomic mass is 79.9. The van der Waals surface area contributed by atoms with E-state index in [4.69, 9.17) is 5.11 Å². The average molecular weight is 270 g/mol. The zero-order chi connectivity index (χ0) is 10.9. The number of carboxylic acids is 1. The molecule has 0 spiro atoms. The number of rotatable bonds is 2. The van der Waals surface area contributed by atoms with E-state index < -0.39 is 29.6 Å². The third kappa shape index (κ3) is 2.03. The van der Waals surface area contributed by atoms with E-state index >= 15 is 0 Å². The molecule has 1 N–H and O–H groups in total. The van der Waals surface area contributed by atoms with Crippen LogP contribution in [0.4, 0.5) is 13.2 Å². The first-order chi connectivity index (χ1) is 6.43. The molecule has 0 unspecified atom stereocenters. The Morgan fingerprint density at radius 1 is 1.57 bits per heavy atom. The SMILES string of the molecule is O=C(O)c1c(Br)cc(F)nc1C(F)F. The number of aromatic carboxylic acids is 1. The van der Waals surface area contributed by atoms with Gasteiger partial charge >= 0.3 is 5.97 Å². The minimum absolute atomic E-state index is 0.257. The second-order valence-corrected chi connectivity index (χ2v) is 3.15. The van der Waals surface area contributed by atoms with Gasteiger partial charge in [0.15, 0.2) is 0 Å². The summed E-state index contributed by atoms with van der Waals surface area (Å²) in [5.41, 5.74) is -1.80. The molecule has 0 aliphatic heterocycles. The summed E-state index contributed by atoms with van der Waals surface area (Å²) in [5, 5.41) is 8.56. The molecule has 76 valence electrons. The van der Waals surface area contributed by atoms with Crippen LogP contribution in [0.15, 0.2) is 10.5 Å². The molecule has 0 atom stereocenters. The molecule has 1 heterocycles. The van der Waals surface area contributed by atoms with Crippen LogP contribution >= 0.6 is 15.9 Å². The fourth-order valence-electron chi connectivity index (χ4n) is 0.872. The Kier molecular flexibility index (Phi) is 3.10. The number of halogens is 4. The molecular formula is C7H3BrF3NO2. The van der Waals surface area contributed by atoms with E-state index in [2.05, 4.69) is 20.9 Å². The van der Waals surface area contributed by atoms with Crippen molar-refractivity contribution in [1.82, 2.24) is 4.98 Å². The van der Waals surface area contributed by atoms with Gasteiger partial charge in [0.1, 0.15) is 11.3 Å². The van der Waals surface area contributed by atoms with E-state index in [1.165, 1.54) is 0 Å². The molecule has 1 aromatic heterocycles. The summed E-state index contributed by atoms with van der Waals surface area (Å²) < 4.78 is 36.8. The van der Waals surface area contributed by atoms with E-state index in [0.717, 1.165) is 6.07 Å². The Hall–Kier alpha value is -1.11. The fourth-order valence-corrected chi connectivity index (χ4v) is 1.43. The lowest BCUT2D eigenvalue weighted by molar-refractivity contribution is 0.0680. The van der Waals surface area contributed by atoms with Crippen LogP contribution < -0.4 is 0 Å². The van der Waals surface area contributed by atoms with Gasteiger partial charge in [-0.25, -0.2) is 18.6 Å². The van der Waals surface area contributed by atoms with Crippen LogP contribution in [0.5, 0.6) is 0 Å². The zero-order valence-electron chi connectivity index (χ0n) is 6.47. The quantitative estimate of drug-likeness (QED) is 0.840. The number of alkyl halides is 2. The lowest BCUT2D eigenvalue weighted by atomic mass is 10.2. The zero-order valence-corrected chi connectivity index (χ0v) is 8.06. The summed E-state index contributed by atoms with van der Waals surface area (Å²) >= 11 is 2.67. The van der Waals surface area contributed by atoms with Gasteiger partial charge in [0.2, 0.25) is 5.95 Å². The summed E-state index contributed by atoms with van der Waals surface area (Å²) in [4.78, 5) is 13.4. The Morgan fingerprint density at radius 2 is 2.14 bits per heavy atom. The average Bonchev–Trinajstić information content (AvgIpc) is 2.01. The van der Waals surface area contributed by atoms with Crippen LogP contribution in [0.25, 0.3) is 0 Å². The molecule has 0 aliphatic rings. The van der Waals surface area contributed by atoms with Crippen molar-refractivity contribution in [3.63, 3.8) is 0 Å². The van der Waals surface area contributed by atoms with Gasteiger partial charge in [-0.05, 0) is 15.9 Å². The number of hydrogen-bond donors (Lipinski definition) is 1. The van der Waals surface area contributed by atoms with E-state index in [-0.39, 0.29) is 4.47 Å². The fraction of sp³-hybridized carbons (Fsp3) is 0.143. The lowest BCUT2D eigenvalue weighted by Crippen LogP contribution is -2.08. The van der Waals surface area contributed by atoms with E-state index in [1.54, 1.807) is 0 Å². The van der Waals surface area contributed by atoms with E-state index in [9.17, 15) is 18.0 Å². The number of pyridine rings is 1. The molecule has 0 fully saturated rings. The van der Waals surface area contributed by atoms with Gasteiger partial charge in [-0.1, -0.05) is 0 Å². The molecular weight excluding hydrogens is 267 g/mol. The van der Waals surface area contributed by atoms with Crippen molar-refractivity contribution in [1.29, 1.82) is 0 Å². The predicted molar refractivity (Wildman–Crippen MR) is 43.8 cm³/mol. The minimum atomic E-state index is -3.13. The Balaban J connectivity index is 3.44. The molecule has 7 heteroatoms. The van der Waals surface area contributed by atoms with Crippen LogP contribution in [0.3, 0.4) is 0 Å². The minimum Gasteiger partial charge on any atom is -0.478 e. The van der Waals surface area contributed by atoms with Crippen LogP contribution in [-0.4, -0.2) is 16.1 Å². The van der Waals surface area contributed by atoms with Crippen LogP contribution in [0.1, 0.15) is 22.5 Å². The van der Waals surface area contributed by atoms with Crippen molar-refractivity contribution < 1.29 is 23.1 Å². The van der Waals surface area contributed by atoms with Crippen molar-refractivity contribution >= 4 is 21.9 Å². The van der Waals surface area contributed by atoms with Gasteiger partial charge in [0.05, 0.1) is 0 Å². The highest BCUT2D eigenvalue weighted by Crippen LogP contribution is 2.27. The summed E-state index contributed by atoms with van der Waals surface area (Å²) in [6, 6.07) is 0.718. The standard InChI is InChI=1S/C7H3BrF3NO2/c8-2-1-3(9)12-5(6(10)11)4(2)7(13)14/h1,6H,(H,13,14). The molecule has 0 aliphatic carbocycles. The van der Waals surface area contributed by atoms with Crippen molar-refractivity contribution in [2.45, 2.75) is 6.43 Å². The van der Waals surface area contributed by atoms with Crippen molar-refractivity contribution in [3.8, 4) is 0 Å². The van der Waals surface area contributed by atoms with Crippen molar-refractivity contribution in [2.75, 3.05) is 0 Å². The lowest BCUT2D eigenvalue weighted by Gasteiger charge is -2.05. The third-order valence-corrected chi connectivity index (χ3v) is 2.01. The predicted octanol–water partition coefficient (Wildman–Crippen LogP) is 2.62. The van der Waals surface area contributed by atoms with E-state index in [1.807, 2.05) is 0 Å². The topological polar surface area (TPSA) is 50.2 Å². The highest BCUT2D eigenvalue weighted by Gasteiger charge is 2.23. The number of aromatic nitrogens is 1. The molecule has 0 amide bonds. The first kappa shape index (κ1) is 11.0. The number of carboxylic acid groups (broad SMARTS) is 1. The number of nitrogens with zero attached hydrogens (tertiary/aromatic N) is 1. The first-order valence-corrected chi connectivity index (χ1v) is 4.10. The van der Waals surface area contributed by atoms with Crippen molar-refractivity contribution in [3.05, 3.63) is 27.7 Å². The third-order valence-electron chi connectivity index (χ3n) is 1.39. The Morgan fingerprint density at radius 3 is 2.57 bits per heavy atom. The molecule has 14 heavy (non-hydrogen) atoms. The van der Waals surface area contributed by atoms with Gasteiger partial charge in [0.25, 0.3) is 6.43 Å². The maximum absolute atomic E-state index is 12.6. The number of hydrogen-bond acceptors (Lipinski definition) is 2. The van der Waals surface area contributed by atoms with Crippen LogP contribution in [0, 0.1) is 5.95 Å². The molecule has 0 saturated heterocycles. The second kappa shape index (κ2) is 3.95. The van der Waals surface area contributed by atoms with Crippen molar-refractivity contribution in [2.24, 2.45) is 0 Å². The maximum Gasteiger partial charge on any atom is 0.338 e. The Bertz CT molecular complexity index is 383. The summed E-state index contributed by atoms with van der Waals surface area (Å²) in [6.45, 7) is 0. The summed E-state index contributed by atoms with van der Waals surface area (Å²) in [6.07, 6.45) is -3.13. The summed E-state index contributed by atoms with van der Waals surface area (Å²) in [5.74, 6) is -2.74.